The molecule has 1 fully saturated rings. The number of rotatable bonds is 2. The van der Waals surface area contributed by atoms with E-state index in [1.165, 1.54) is 31.2 Å². The average molecular weight is 284 g/mol. The lowest BCUT2D eigenvalue weighted by atomic mass is 9.58. The molecule has 3 unspecified atom stereocenters. The minimum atomic E-state index is 0.138. The van der Waals surface area contributed by atoms with Crippen molar-refractivity contribution in [2.45, 2.75) is 44.4 Å². The van der Waals surface area contributed by atoms with Gasteiger partial charge in [-0.1, -0.05) is 38.0 Å². The van der Waals surface area contributed by atoms with Crippen molar-refractivity contribution in [3.8, 4) is 5.75 Å². The van der Waals surface area contributed by atoms with Gasteiger partial charge in [0, 0.05) is 5.41 Å². The number of aliphatic hydroxyl groups excluding tert-OH is 1. The lowest BCUT2D eigenvalue weighted by Crippen LogP contribution is -2.39. The minimum absolute atomic E-state index is 0.138. The first-order valence-electron chi connectivity index (χ1n) is 7.97. The SMILES string of the molecule is CC1CCCC(c2ccc(O)cc2)(C2C=CC(O)=CC2)C1. The molecule has 0 spiro atoms. The smallest absolute Gasteiger partial charge is 0.115 e. The average Bonchev–Trinajstić information content (AvgIpc) is 2.48. The number of phenols is 1. The predicted octanol–water partition coefficient (Wildman–Crippen LogP) is 4.86. The fourth-order valence-corrected chi connectivity index (χ4v) is 4.22. The maximum Gasteiger partial charge on any atom is 0.115 e. The Kier molecular flexibility index (Phi) is 3.79. The molecule has 0 radical (unpaired) electrons. The van der Waals surface area contributed by atoms with Crippen LogP contribution in [0.5, 0.6) is 5.75 Å². The molecular formula is C19H24O2. The van der Waals surface area contributed by atoms with E-state index in [1.807, 2.05) is 12.2 Å². The number of allylic oxidation sites excluding steroid dienone is 3. The fraction of sp³-hybridized carbons (Fsp3) is 0.474. The van der Waals surface area contributed by atoms with Gasteiger partial charge in [0.25, 0.3) is 0 Å². The van der Waals surface area contributed by atoms with Crippen LogP contribution in [0.25, 0.3) is 0 Å². The first kappa shape index (κ1) is 14.2. The van der Waals surface area contributed by atoms with E-state index in [1.54, 1.807) is 12.1 Å². The van der Waals surface area contributed by atoms with Gasteiger partial charge in [-0.2, -0.15) is 0 Å². The Morgan fingerprint density at radius 1 is 1.14 bits per heavy atom. The molecule has 112 valence electrons. The molecule has 0 saturated heterocycles. The molecule has 2 N–H and O–H groups in total. The molecule has 2 nitrogen and oxygen atoms in total. The van der Waals surface area contributed by atoms with Crippen LogP contribution in [-0.2, 0) is 5.41 Å². The highest BCUT2D eigenvalue weighted by Gasteiger charge is 2.42. The van der Waals surface area contributed by atoms with Crippen LogP contribution in [-0.4, -0.2) is 10.2 Å². The van der Waals surface area contributed by atoms with Crippen LogP contribution >= 0.6 is 0 Å². The first-order valence-corrected chi connectivity index (χ1v) is 7.97. The van der Waals surface area contributed by atoms with E-state index in [-0.39, 0.29) is 5.41 Å². The fourth-order valence-electron chi connectivity index (χ4n) is 4.22. The van der Waals surface area contributed by atoms with Crippen LogP contribution in [0, 0.1) is 11.8 Å². The van der Waals surface area contributed by atoms with Crippen molar-refractivity contribution in [3.63, 3.8) is 0 Å². The molecule has 3 atom stereocenters. The van der Waals surface area contributed by atoms with Gasteiger partial charge in [-0.05, 0) is 60.9 Å². The summed E-state index contributed by atoms with van der Waals surface area (Å²) in [5, 5.41) is 19.2. The van der Waals surface area contributed by atoms with Crippen LogP contribution in [0.4, 0.5) is 0 Å². The summed E-state index contributed by atoms with van der Waals surface area (Å²) in [6.45, 7) is 2.34. The Morgan fingerprint density at radius 2 is 1.90 bits per heavy atom. The zero-order chi connectivity index (χ0) is 14.9. The third kappa shape index (κ3) is 2.72. The molecule has 2 aliphatic rings. The van der Waals surface area contributed by atoms with Crippen molar-refractivity contribution in [2.75, 3.05) is 0 Å². The highest BCUT2D eigenvalue weighted by Crippen LogP contribution is 2.49. The van der Waals surface area contributed by atoms with Gasteiger partial charge >= 0.3 is 0 Å². The van der Waals surface area contributed by atoms with Gasteiger partial charge in [-0.3, -0.25) is 0 Å². The lowest BCUT2D eigenvalue weighted by Gasteiger charge is -2.46. The highest BCUT2D eigenvalue weighted by atomic mass is 16.3. The summed E-state index contributed by atoms with van der Waals surface area (Å²) in [5.41, 5.74) is 1.47. The van der Waals surface area contributed by atoms with Crippen molar-refractivity contribution in [3.05, 3.63) is 53.8 Å². The summed E-state index contributed by atoms with van der Waals surface area (Å²) in [4.78, 5) is 0. The molecule has 2 heteroatoms. The number of aromatic hydroxyl groups is 1. The standard InChI is InChI=1S/C19H24O2/c1-14-3-2-12-19(13-14,15-4-8-17(20)9-5-15)16-6-10-18(21)11-7-16/h4-6,8-11,14,16,20-21H,2-3,7,12-13H2,1H3. The second-order valence-electron chi connectivity index (χ2n) is 6.73. The van der Waals surface area contributed by atoms with Crippen LogP contribution in [0.2, 0.25) is 0 Å². The third-order valence-electron chi connectivity index (χ3n) is 5.26. The van der Waals surface area contributed by atoms with Crippen LogP contribution in [0.15, 0.2) is 48.3 Å². The number of aliphatic hydroxyl groups is 1. The topological polar surface area (TPSA) is 40.5 Å². The Morgan fingerprint density at radius 3 is 2.52 bits per heavy atom. The largest absolute Gasteiger partial charge is 0.508 e. The Hall–Kier alpha value is -1.70. The number of hydrogen-bond acceptors (Lipinski definition) is 2. The normalized spacial score (nSPS) is 32.7. The second kappa shape index (κ2) is 5.59. The predicted molar refractivity (Wildman–Crippen MR) is 85.4 cm³/mol. The Labute approximate surface area is 126 Å². The van der Waals surface area contributed by atoms with Crippen molar-refractivity contribution < 1.29 is 10.2 Å². The van der Waals surface area contributed by atoms with Gasteiger partial charge in [0.15, 0.2) is 0 Å². The van der Waals surface area contributed by atoms with Crippen molar-refractivity contribution >= 4 is 0 Å². The molecule has 0 amide bonds. The van der Waals surface area contributed by atoms with Gasteiger partial charge in [0.05, 0.1) is 0 Å². The Balaban J connectivity index is 1.99. The van der Waals surface area contributed by atoms with E-state index in [2.05, 4.69) is 25.1 Å². The zero-order valence-electron chi connectivity index (χ0n) is 12.6. The van der Waals surface area contributed by atoms with Crippen LogP contribution in [0.3, 0.4) is 0 Å². The van der Waals surface area contributed by atoms with Crippen LogP contribution in [0.1, 0.15) is 44.6 Å². The monoisotopic (exact) mass is 284 g/mol. The first-order chi connectivity index (χ1) is 10.1. The van der Waals surface area contributed by atoms with Gasteiger partial charge in [0.1, 0.15) is 11.5 Å². The number of hydrogen-bond donors (Lipinski definition) is 2. The molecule has 0 heterocycles. The van der Waals surface area contributed by atoms with Crippen molar-refractivity contribution in [1.29, 1.82) is 0 Å². The van der Waals surface area contributed by atoms with E-state index < -0.39 is 0 Å². The summed E-state index contributed by atoms with van der Waals surface area (Å²) in [6, 6.07) is 7.77. The van der Waals surface area contributed by atoms with Gasteiger partial charge < -0.3 is 10.2 Å². The molecule has 1 saturated carbocycles. The summed E-state index contributed by atoms with van der Waals surface area (Å²) >= 11 is 0. The second-order valence-corrected chi connectivity index (χ2v) is 6.73. The van der Waals surface area contributed by atoms with Gasteiger partial charge in [-0.15, -0.1) is 0 Å². The minimum Gasteiger partial charge on any atom is -0.508 e. The zero-order valence-corrected chi connectivity index (χ0v) is 12.6. The molecule has 2 aliphatic carbocycles. The molecule has 0 bridgehead atoms. The van der Waals surface area contributed by atoms with Gasteiger partial charge in [-0.25, -0.2) is 0 Å². The van der Waals surface area contributed by atoms with E-state index >= 15 is 0 Å². The summed E-state index contributed by atoms with van der Waals surface area (Å²) in [6.07, 6.45) is 11.8. The number of benzene rings is 1. The molecular weight excluding hydrogens is 260 g/mol. The molecule has 1 aromatic carbocycles. The molecule has 1 aromatic rings. The van der Waals surface area contributed by atoms with Gasteiger partial charge in [0.2, 0.25) is 0 Å². The molecule has 0 aromatic heterocycles. The summed E-state index contributed by atoms with van der Waals surface area (Å²) < 4.78 is 0. The maximum absolute atomic E-state index is 9.61. The quantitative estimate of drug-likeness (QED) is 0.814. The highest BCUT2D eigenvalue weighted by molar-refractivity contribution is 5.35. The van der Waals surface area contributed by atoms with Crippen molar-refractivity contribution in [1.82, 2.24) is 0 Å². The lowest BCUT2D eigenvalue weighted by molar-refractivity contribution is 0.177. The molecule has 0 aliphatic heterocycles. The van der Waals surface area contributed by atoms with Crippen molar-refractivity contribution in [2.24, 2.45) is 11.8 Å². The van der Waals surface area contributed by atoms with Crippen LogP contribution < -0.4 is 0 Å². The third-order valence-corrected chi connectivity index (χ3v) is 5.26. The van der Waals surface area contributed by atoms with E-state index in [0.29, 0.717) is 17.4 Å². The van der Waals surface area contributed by atoms with E-state index in [9.17, 15) is 10.2 Å². The maximum atomic E-state index is 9.61. The van der Waals surface area contributed by atoms with E-state index in [0.717, 1.165) is 12.3 Å². The molecule has 21 heavy (non-hydrogen) atoms. The van der Waals surface area contributed by atoms with E-state index in [4.69, 9.17) is 0 Å². The Bertz CT molecular complexity index is 555. The summed E-state index contributed by atoms with van der Waals surface area (Å²) in [5.74, 6) is 1.87. The summed E-state index contributed by atoms with van der Waals surface area (Å²) in [7, 11) is 0. The molecule has 3 rings (SSSR count). The number of phenolic OH excluding ortho intramolecular Hbond substituents is 1.